The van der Waals surface area contributed by atoms with E-state index in [9.17, 15) is 14.7 Å². The van der Waals surface area contributed by atoms with Gasteiger partial charge in [0.1, 0.15) is 5.78 Å². The molecule has 144 valence electrons. The first kappa shape index (κ1) is 23.4. The van der Waals surface area contributed by atoms with Crippen molar-refractivity contribution < 1.29 is 19.4 Å². The molecular formula is C18H33N3O4. The fourth-order valence-corrected chi connectivity index (χ4v) is 3.21. The molecule has 0 aliphatic heterocycles. The molecule has 0 heterocycles. The van der Waals surface area contributed by atoms with Gasteiger partial charge in [0.15, 0.2) is 0 Å². The summed E-state index contributed by atoms with van der Waals surface area (Å²) in [6, 6.07) is -0.781. The molecule has 7 nitrogen and oxygen atoms in total. The number of aliphatic carboxylic acids is 1. The topological polar surface area (TPSA) is 112 Å². The van der Waals surface area contributed by atoms with E-state index in [0.29, 0.717) is 0 Å². The Bertz CT molecular complexity index is 487. The fourth-order valence-electron chi connectivity index (χ4n) is 3.21. The van der Waals surface area contributed by atoms with E-state index in [-0.39, 0.29) is 30.1 Å². The normalized spacial score (nSPS) is 16.4. The zero-order valence-electron chi connectivity index (χ0n) is 16.4. The number of carboxylic acids is 1. The van der Waals surface area contributed by atoms with Gasteiger partial charge in [-0.1, -0.05) is 25.4 Å². The van der Waals surface area contributed by atoms with Crippen LogP contribution in [0.3, 0.4) is 0 Å². The van der Waals surface area contributed by atoms with E-state index in [1.54, 1.807) is 27.9 Å². The number of hydrogen-bond acceptors (Lipinski definition) is 4. The number of nitrogens with zero attached hydrogens (tertiary/aromatic N) is 3. The van der Waals surface area contributed by atoms with Crippen molar-refractivity contribution >= 4 is 11.8 Å². The van der Waals surface area contributed by atoms with Crippen LogP contribution in [-0.2, 0) is 14.3 Å². The fraction of sp³-hybridized carbons (Fsp3) is 0.889. The Morgan fingerprint density at radius 3 is 2.28 bits per heavy atom. The first-order valence-electron chi connectivity index (χ1n) is 8.94. The van der Waals surface area contributed by atoms with Gasteiger partial charge >= 0.3 is 5.97 Å². The molecule has 0 aliphatic rings. The van der Waals surface area contributed by atoms with Crippen molar-refractivity contribution in [2.75, 3.05) is 7.11 Å². The van der Waals surface area contributed by atoms with Gasteiger partial charge in [0.2, 0.25) is 0 Å². The molecule has 0 saturated carbocycles. The lowest BCUT2D eigenvalue weighted by atomic mass is 9.68. The standard InChI is InChI=1S/C18H33N3O4/c1-7-8-14(25-6)10-9-12(2)15(18(4,5)17(23)24)11-16(22)13(3)20-21-19/h12-15H,7-11H2,1-6H3,(H,23,24)/t12-,13+,14+,15+/m1/s1. The molecule has 0 saturated heterocycles. The van der Waals surface area contributed by atoms with Gasteiger partial charge in [-0.25, -0.2) is 0 Å². The number of carbonyl (C=O) groups is 2. The van der Waals surface area contributed by atoms with Gasteiger partial charge < -0.3 is 9.84 Å². The molecule has 0 aliphatic carbocycles. The van der Waals surface area contributed by atoms with Gasteiger partial charge in [0.05, 0.1) is 17.6 Å². The molecule has 0 spiro atoms. The van der Waals surface area contributed by atoms with Crippen molar-refractivity contribution in [1.29, 1.82) is 0 Å². The zero-order valence-corrected chi connectivity index (χ0v) is 16.4. The molecule has 7 heteroatoms. The maximum atomic E-state index is 12.3. The van der Waals surface area contributed by atoms with Crippen molar-refractivity contribution in [3.05, 3.63) is 10.4 Å². The highest BCUT2D eigenvalue weighted by Gasteiger charge is 2.41. The number of carbonyl (C=O) groups excluding carboxylic acids is 1. The molecule has 0 radical (unpaired) electrons. The van der Waals surface area contributed by atoms with Crippen LogP contribution in [0.1, 0.15) is 66.7 Å². The first-order chi connectivity index (χ1) is 11.6. The lowest BCUT2D eigenvalue weighted by Gasteiger charge is -2.35. The molecule has 4 atom stereocenters. The van der Waals surface area contributed by atoms with E-state index in [1.165, 1.54) is 0 Å². The summed E-state index contributed by atoms with van der Waals surface area (Å²) in [7, 11) is 1.69. The maximum absolute atomic E-state index is 12.3. The number of ketones is 1. The number of hydrogen-bond donors (Lipinski definition) is 1. The molecule has 0 aromatic carbocycles. The summed E-state index contributed by atoms with van der Waals surface area (Å²) in [5.41, 5.74) is 7.45. The second kappa shape index (κ2) is 11.1. The Labute approximate surface area is 150 Å². The van der Waals surface area contributed by atoms with Crippen LogP contribution in [0, 0.1) is 17.3 Å². The van der Waals surface area contributed by atoms with E-state index < -0.39 is 17.4 Å². The van der Waals surface area contributed by atoms with Crippen LogP contribution in [0.2, 0.25) is 0 Å². The van der Waals surface area contributed by atoms with E-state index >= 15 is 0 Å². The van der Waals surface area contributed by atoms with Crippen LogP contribution >= 0.6 is 0 Å². The van der Waals surface area contributed by atoms with E-state index in [1.807, 2.05) is 6.92 Å². The van der Waals surface area contributed by atoms with Crippen LogP contribution in [0.5, 0.6) is 0 Å². The lowest BCUT2D eigenvalue weighted by molar-refractivity contribution is -0.152. The summed E-state index contributed by atoms with van der Waals surface area (Å²) in [5.74, 6) is -1.46. The van der Waals surface area contributed by atoms with Gasteiger partial charge in [-0.2, -0.15) is 0 Å². The van der Waals surface area contributed by atoms with Crippen molar-refractivity contribution in [2.24, 2.45) is 22.4 Å². The smallest absolute Gasteiger partial charge is 0.309 e. The van der Waals surface area contributed by atoms with Crippen LogP contribution in [0.25, 0.3) is 10.4 Å². The van der Waals surface area contributed by atoms with Gasteiger partial charge in [0.25, 0.3) is 0 Å². The van der Waals surface area contributed by atoms with Crippen molar-refractivity contribution in [2.45, 2.75) is 78.9 Å². The van der Waals surface area contributed by atoms with Gasteiger partial charge in [-0.05, 0) is 57.4 Å². The van der Waals surface area contributed by atoms with Crippen LogP contribution in [-0.4, -0.2) is 36.1 Å². The Morgan fingerprint density at radius 2 is 1.84 bits per heavy atom. The third-order valence-electron chi connectivity index (χ3n) is 5.16. The predicted octanol–water partition coefficient (Wildman–Crippen LogP) is 4.60. The molecule has 0 aromatic heterocycles. The Kier molecular flexibility index (Phi) is 10.4. The van der Waals surface area contributed by atoms with Crippen molar-refractivity contribution in [1.82, 2.24) is 0 Å². The molecule has 0 fully saturated rings. The highest BCUT2D eigenvalue weighted by molar-refractivity contribution is 5.85. The quantitative estimate of drug-likeness (QED) is 0.295. The number of Topliss-reactive ketones (excluding diaryl/α,β-unsaturated/α-hetero) is 1. The molecule has 0 rings (SSSR count). The van der Waals surface area contributed by atoms with E-state index in [0.717, 1.165) is 25.7 Å². The summed E-state index contributed by atoms with van der Waals surface area (Å²) >= 11 is 0. The number of carboxylic acid groups (broad SMARTS) is 1. The van der Waals surface area contributed by atoms with Crippen LogP contribution in [0.15, 0.2) is 5.11 Å². The van der Waals surface area contributed by atoms with Crippen LogP contribution < -0.4 is 0 Å². The average Bonchev–Trinajstić information content (AvgIpc) is 2.55. The predicted molar refractivity (Wildman–Crippen MR) is 97.2 cm³/mol. The Balaban J connectivity index is 5.21. The summed E-state index contributed by atoms with van der Waals surface area (Å²) in [4.78, 5) is 26.7. The lowest BCUT2D eigenvalue weighted by Crippen LogP contribution is -2.39. The minimum atomic E-state index is -1.04. The Hall–Kier alpha value is -1.59. The van der Waals surface area contributed by atoms with Gasteiger partial charge in [-0.3, -0.25) is 9.59 Å². The molecule has 0 unspecified atom stereocenters. The van der Waals surface area contributed by atoms with Crippen molar-refractivity contribution in [3.8, 4) is 0 Å². The summed E-state index contributed by atoms with van der Waals surface area (Å²) in [6.07, 6.45) is 3.84. The first-order valence-corrected chi connectivity index (χ1v) is 8.94. The van der Waals surface area contributed by atoms with Crippen LogP contribution in [0.4, 0.5) is 0 Å². The van der Waals surface area contributed by atoms with Gasteiger partial charge in [-0.15, -0.1) is 0 Å². The third kappa shape index (κ3) is 7.45. The summed E-state index contributed by atoms with van der Waals surface area (Å²) in [6.45, 7) is 8.94. The number of methoxy groups -OCH3 is 1. The number of ether oxygens (including phenoxy) is 1. The second-order valence-corrected chi connectivity index (χ2v) is 7.39. The van der Waals surface area contributed by atoms with E-state index in [4.69, 9.17) is 10.3 Å². The zero-order chi connectivity index (χ0) is 19.6. The largest absolute Gasteiger partial charge is 0.481 e. The highest BCUT2D eigenvalue weighted by atomic mass is 16.5. The van der Waals surface area contributed by atoms with Gasteiger partial charge in [0, 0.05) is 18.4 Å². The molecule has 0 aromatic rings. The SMILES string of the molecule is CCC[C@@H](CC[C@@H](C)[C@H](CC(=O)[C@H](C)N=[N+]=[N-])C(C)(C)C(=O)O)OC. The monoisotopic (exact) mass is 355 g/mol. The summed E-state index contributed by atoms with van der Waals surface area (Å²) in [5, 5.41) is 13.0. The minimum absolute atomic E-state index is 0.0304. The summed E-state index contributed by atoms with van der Waals surface area (Å²) < 4.78 is 5.47. The minimum Gasteiger partial charge on any atom is -0.481 e. The third-order valence-corrected chi connectivity index (χ3v) is 5.16. The van der Waals surface area contributed by atoms with Crippen molar-refractivity contribution in [3.63, 3.8) is 0 Å². The molecule has 0 bridgehead atoms. The number of rotatable bonds is 13. The second-order valence-electron chi connectivity index (χ2n) is 7.39. The number of azide groups is 1. The molecule has 1 N–H and O–H groups in total. The molecule has 0 amide bonds. The molecular weight excluding hydrogens is 322 g/mol. The Morgan fingerprint density at radius 1 is 1.24 bits per heavy atom. The highest BCUT2D eigenvalue weighted by Crippen LogP contribution is 2.38. The maximum Gasteiger partial charge on any atom is 0.309 e. The molecule has 25 heavy (non-hydrogen) atoms. The average molecular weight is 355 g/mol. The van der Waals surface area contributed by atoms with E-state index in [2.05, 4.69) is 16.9 Å².